The minimum absolute atomic E-state index is 0.196. The molecule has 0 bridgehead atoms. The maximum atomic E-state index is 12.3. The summed E-state index contributed by atoms with van der Waals surface area (Å²) in [6.45, 7) is 7.81. The number of carbonyl (C=O) groups excluding carboxylic acids is 1. The van der Waals surface area contributed by atoms with Gasteiger partial charge in [-0.05, 0) is 36.2 Å². The van der Waals surface area contributed by atoms with Crippen molar-refractivity contribution in [3.8, 4) is 11.5 Å². The highest BCUT2D eigenvalue weighted by Gasteiger charge is 2.13. The first-order valence-corrected chi connectivity index (χ1v) is 9.03. The number of hydrogen-bond donors (Lipinski definition) is 1. The van der Waals surface area contributed by atoms with Crippen molar-refractivity contribution in [1.29, 1.82) is 0 Å². The summed E-state index contributed by atoms with van der Waals surface area (Å²) in [6.07, 6.45) is 5.57. The highest BCUT2D eigenvalue weighted by atomic mass is 16.5. The van der Waals surface area contributed by atoms with E-state index in [-0.39, 0.29) is 5.76 Å². The van der Waals surface area contributed by atoms with Gasteiger partial charge in [0.05, 0.1) is 13.3 Å². The number of hydrazone groups is 1. The van der Waals surface area contributed by atoms with Crippen LogP contribution in [0.25, 0.3) is 11.0 Å². The minimum atomic E-state index is -0.429. The van der Waals surface area contributed by atoms with Crippen LogP contribution in [-0.4, -0.2) is 25.8 Å². The topological polar surface area (TPSA) is 73.1 Å². The van der Waals surface area contributed by atoms with Crippen LogP contribution in [0, 0.1) is 0 Å². The number of carbonyl (C=O) groups is 1. The van der Waals surface area contributed by atoms with Crippen LogP contribution in [0.4, 0.5) is 0 Å². The summed E-state index contributed by atoms with van der Waals surface area (Å²) < 4.78 is 16.7. The number of para-hydroxylation sites is 1. The standard InChI is InChI=1S/C23H22N2O4/c1-4-8-18-12-16(13-20(27-3)22(18)28-11-5-2)15-24-25-23(26)21-14-17-9-6-7-10-19(17)29-21/h4-7,9-10,12-15H,1-2,8,11H2,3H3,(H,25,26)/b24-15+. The third-order valence-electron chi connectivity index (χ3n) is 4.11. The van der Waals surface area contributed by atoms with Crippen molar-refractivity contribution in [1.82, 2.24) is 5.43 Å². The smallest absolute Gasteiger partial charge is 0.307 e. The summed E-state index contributed by atoms with van der Waals surface area (Å²) in [4.78, 5) is 12.3. The zero-order chi connectivity index (χ0) is 20.6. The first-order chi connectivity index (χ1) is 14.2. The van der Waals surface area contributed by atoms with Crippen molar-refractivity contribution in [2.45, 2.75) is 6.42 Å². The lowest BCUT2D eigenvalue weighted by atomic mass is 10.1. The van der Waals surface area contributed by atoms with Gasteiger partial charge in [0.15, 0.2) is 17.3 Å². The summed E-state index contributed by atoms with van der Waals surface area (Å²) in [7, 11) is 1.57. The summed E-state index contributed by atoms with van der Waals surface area (Å²) in [5, 5.41) is 4.89. The molecule has 0 aliphatic heterocycles. The van der Waals surface area contributed by atoms with Gasteiger partial charge >= 0.3 is 5.91 Å². The number of amides is 1. The molecule has 0 spiro atoms. The molecule has 3 aromatic rings. The number of furan rings is 1. The van der Waals surface area contributed by atoms with Crippen molar-refractivity contribution in [2.24, 2.45) is 5.10 Å². The molecule has 0 saturated carbocycles. The third-order valence-corrected chi connectivity index (χ3v) is 4.11. The van der Waals surface area contributed by atoms with Crippen LogP contribution >= 0.6 is 0 Å². The van der Waals surface area contributed by atoms with Crippen LogP contribution in [0.5, 0.6) is 11.5 Å². The normalized spacial score (nSPS) is 10.8. The fourth-order valence-corrected chi connectivity index (χ4v) is 2.84. The van der Waals surface area contributed by atoms with E-state index in [1.54, 1.807) is 37.5 Å². The van der Waals surface area contributed by atoms with E-state index in [2.05, 4.69) is 23.7 Å². The van der Waals surface area contributed by atoms with Crippen LogP contribution in [0.3, 0.4) is 0 Å². The molecule has 0 fully saturated rings. The molecular formula is C23H22N2O4. The minimum Gasteiger partial charge on any atom is -0.493 e. The molecule has 1 amide bonds. The van der Waals surface area contributed by atoms with Gasteiger partial charge in [-0.15, -0.1) is 6.58 Å². The molecule has 6 heteroatoms. The SMILES string of the molecule is C=CCOc1c(CC=C)cc(/C=N/NC(=O)c2cc3ccccc3o2)cc1OC. The Balaban J connectivity index is 1.78. The van der Waals surface area contributed by atoms with E-state index in [4.69, 9.17) is 13.9 Å². The van der Waals surface area contributed by atoms with Crippen molar-refractivity contribution in [3.05, 3.63) is 84.7 Å². The molecule has 1 heterocycles. The van der Waals surface area contributed by atoms with Gasteiger partial charge in [0.2, 0.25) is 0 Å². The lowest BCUT2D eigenvalue weighted by Gasteiger charge is -2.14. The first-order valence-electron chi connectivity index (χ1n) is 9.03. The number of ether oxygens (including phenoxy) is 2. The second-order valence-corrected chi connectivity index (χ2v) is 6.15. The average Bonchev–Trinajstić information content (AvgIpc) is 3.17. The zero-order valence-electron chi connectivity index (χ0n) is 16.2. The summed E-state index contributed by atoms with van der Waals surface area (Å²) in [6, 6.07) is 12.8. The molecular weight excluding hydrogens is 368 g/mol. The fraction of sp³-hybridized carbons (Fsp3) is 0.130. The van der Waals surface area contributed by atoms with Crippen molar-refractivity contribution in [2.75, 3.05) is 13.7 Å². The summed E-state index contributed by atoms with van der Waals surface area (Å²) in [5.41, 5.74) is 4.77. The quantitative estimate of drug-likeness (QED) is 0.332. The summed E-state index contributed by atoms with van der Waals surface area (Å²) in [5.74, 6) is 0.968. The van der Waals surface area contributed by atoms with Gasteiger partial charge in [0.25, 0.3) is 0 Å². The number of hydrogen-bond acceptors (Lipinski definition) is 5. The number of benzene rings is 2. The second-order valence-electron chi connectivity index (χ2n) is 6.15. The molecule has 1 aromatic heterocycles. The summed E-state index contributed by atoms with van der Waals surface area (Å²) >= 11 is 0. The second kappa shape index (κ2) is 9.41. The van der Waals surface area contributed by atoms with Gasteiger partial charge < -0.3 is 13.9 Å². The highest BCUT2D eigenvalue weighted by Crippen LogP contribution is 2.33. The van der Waals surface area contributed by atoms with Crippen LogP contribution in [0.1, 0.15) is 21.7 Å². The largest absolute Gasteiger partial charge is 0.493 e. The van der Waals surface area contributed by atoms with E-state index >= 15 is 0 Å². The Hall–Kier alpha value is -3.80. The molecule has 3 rings (SSSR count). The number of nitrogens with zero attached hydrogens (tertiary/aromatic N) is 1. The number of fused-ring (bicyclic) bond motifs is 1. The Bertz CT molecular complexity index is 1030. The van der Waals surface area contributed by atoms with Gasteiger partial charge in [0.1, 0.15) is 12.2 Å². The van der Waals surface area contributed by atoms with Crippen molar-refractivity contribution >= 4 is 23.1 Å². The van der Waals surface area contributed by atoms with Crippen LogP contribution in [-0.2, 0) is 6.42 Å². The van der Waals surface area contributed by atoms with Crippen LogP contribution in [0.15, 0.2) is 77.3 Å². The van der Waals surface area contributed by atoms with Gasteiger partial charge in [-0.1, -0.05) is 36.9 Å². The molecule has 0 aliphatic rings. The molecule has 0 unspecified atom stereocenters. The molecule has 1 N–H and O–H groups in total. The van der Waals surface area contributed by atoms with Gasteiger partial charge in [-0.25, -0.2) is 5.43 Å². The monoisotopic (exact) mass is 390 g/mol. The molecule has 2 aromatic carbocycles. The molecule has 0 aliphatic carbocycles. The molecule has 29 heavy (non-hydrogen) atoms. The first kappa shape index (κ1) is 19.9. The predicted molar refractivity (Wildman–Crippen MR) is 114 cm³/mol. The maximum Gasteiger partial charge on any atom is 0.307 e. The lowest BCUT2D eigenvalue weighted by molar-refractivity contribution is 0.0929. The van der Waals surface area contributed by atoms with E-state index < -0.39 is 5.91 Å². The van der Waals surface area contributed by atoms with E-state index in [1.807, 2.05) is 24.3 Å². The highest BCUT2D eigenvalue weighted by molar-refractivity contribution is 5.96. The Morgan fingerprint density at radius 2 is 2.03 bits per heavy atom. The Labute approximate surface area is 169 Å². The third kappa shape index (κ3) is 4.73. The van der Waals surface area contributed by atoms with Crippen molar-refractivity contribution in [3.63, 3.8) is 0 Å². The van der Waals surface area contributed by atoms with E-state index in [9.17, 15) is 4.79 Å². The molecule has 0 atom stereocenters. The predicted octanol–water partition coefficient (Wildman–Crippen LogP) is 4.50. The Morgan fingerprint density at radius 3 is 2.76 bits per heavy atom. The molecule has 0 radical (unpaired) electrons. The number of rotatable bonds is 9. The number of allylic oxidation sites excluding steroid dienone is 1. The van der Waals surface area contributed by atoms with Gasteiger partial charge in [-0.3, -0.25) is 4.79 Å². The van der Waals surface area contributed by atoms with E-state index in [1.165, 1.54) is 6.21 Å². The molecule has 148 valence electrons. The fourth-order valence-electron chi connectivity index (χ4n) is 2.84. The van der Waals surface area contributed by atoms with Gasteiger partial charge in [-0.2, -0.15) is 5.10 Å². The van der Waals surface area contributed by atoms with Crippen LogP contribution < -0.4 is 14.9 Å². The van der Waals surface area contributed by atoms with Crippen LogP contribution in [0.2, 0.25) is 0 Å². The van der Waals surface area contributed by atoms with Gasteiger partial charge in [0, 0.05) is 10.9 Å². The van der Waals surface area contributed by atoms with E-state index in [0.717, 1.165) is 16.5 Å². The van der Waals surface area contributed by atoms with Crippen molar-refractivity contribution < 1.29 is 18.7 Å². The Morgan fingerprint density at radius 1 is 1.21 bits per heavy atom. The maximum absolute atomic E-state index is 12.3. The lowest BCUT2D eigenvalue weighted by Crippen LogP contribution is -2.16. The number of nitrogens with one attached hydrogen (secondary N) is 1. The number of methoxy groups -OCH3 is 1. The average molecular weight is 390 g/mol. The zero-order valence-corrected chi connectivity index (χ0v) is 16.2. The van der Waals surface area contributed by atoms with E-state index in [0.29, 0.717) is 30.1 Å². The molecule has 6 nitrogen and oxygen atoms in total. The molecule has 0 saturated heterocycles. The Kier molecular flexibility index (Phi) is 6.47.